The van der Waals surface area contributed by atoms with Gasteiger partial charge < -0.3 is 11.1 Å². The first-order valence-electron chi connectivity index (χ1n) is 6.67. The average molecular weight is 286 g/mol. The predicted octanol–water partition coefficient (Wildman–Crippen LogP) is 3.20. The molecule has 0 saturated carbocycles. The van der Waals surface area contributed by atoms with E-state index in [4.69, 9.17) is 18.0 Å². The van der Waals surface area contributed by atoms with Gasteiger partial charge in [-0.15, -0.1) is 0 Å². The third-order valence-electron chi connectivity index (χ3n) is 2.95. The van der Waals surface area contributed by atoms with E-state index in [0.29, 0.717) is 11.5 Å². The zero-order valence-corrected chi connectivity index (χ0v) is 12.3. The maximum Gasteiger partial charge on any atom is 0.148 e. The zero-order chi connectivity index (χ0) is 14.4. The number of thiocarbonyl (C=S) groups is 1. The van der Waals surface area contributed by atoms with Crippen molar-refractivity contribution >= 4 is 28.7 Å². The van der Waals surface area contributed by atoms with E-state index in [1.807, 2.05) is 12.1 Å². The molecule has 1 heterocycles. The van der Waals surface area contributed by atoms with Crippen LogP contribution in [0.1, 0.15) is 31.0 Å². The topological polar surface area (TPSA) is 63.8 Å². The van der Waals surface area contributed by atoms with Gasteiger partial charge in [0.05, 0.1) is 12.4 Å². The van der Waals surface area contributed by atoms with Gasteiger partial charge in [0.1, 0.15) is 16.5 Å². The number of hydrogen-bond donors (Lipinski definition) is 2. The Bertz CT molecular complexity index is 563. The molecule has 0 aliphatic rings. The number of benzene rings is 1. The highest BCUT2D eigenvalue weighted by atomic mass is 32.1. The maximum absolute atomic E-state index is 5.48. The van der Waals surface area contributed by atoms with Crippen LogP contribution in [0.25, 0.3) is 0 Å². The molecule has 4 nitrogen and oxygen atoms in total. The fourth-order valence-corrected chi connectivity index (χ4v) is 1.91. The van der Waals surface area contributed by atoms with E-state index in [1.165, 1.54) is 18.4 Å². The minimum Gasteiger partial charge on any atom is -0.388 e. The second-order valence-electron chi connectivity index (χ2n) is 4.58. The van der Waals surface area contributed by atoms with Crippen LogP contribution < -0.4 is 11.1 Å². The van der Waals surface area contributed by atoms with Gasteiger partial charge in [0.2, 0.25) is 0 Å². The lowest BCUT2D eigenvalue weighted by Gasteiger charge is -2.07. The minimum absolute atomic E-state index is 0.254. The molecule has 0 saturated heterocycles. The Morgan fingerprint density at radius 1 is 1.20 bits per heavy atom. The lowest BCUT2D eigenvalue weighted by Crippen LogP contribution is -2.12. The highest BCUT2D eigenvalue weighted by molar-refractivity contribution is 7.80. The number of aromatic nitrogens is 2. The van der Waals surface area contributed by atoms with Gasteiger partial charge in [0, 0.05) is 5.69 Å². The molecule has 1 aromatic heterocycles. The number of anilines is 2. The second-order valence-corrected chi connectivity index (χ2v) is 5.02. The van der Waals surface area contributed by atoms with Gasteiger partial charge in [-0.1, -0.05) is 37.7 Å². The number of nitrogens with one attached hydrogen (secondary N) is 1. The van der Waals surface area contributed by atoms with Crippen LogP contribution in [-0.2, 0) is 6.42 Å². The molecule has 20 heavy (non-hydrogen) atoms. The van der Waals surface area contributed by atoms with Gasteiger partial charge in [0.25, 0.3) is 0 Å². The normalized spacial score (nSPS) is 10.2. The largest absolute Gasteiger partial charge is 0.388 e. The van der Waals surface area contributed by atoms with Crippen molar-refractivity contribution in [3.05, 3.63) is 47.9 Å². The molecule has 0 aliphatic heterocycles. The lowest BCUT2D eigenvalue weighted by molar-refractivity contribution is 0.795. The number of hydrogen-bond acceptors (Lipinski definition) is 4. The monoisotopic (exact) mass is 286 g/mol. The molecule has 104 valence electrons. The van der Waals surface area contributed by atoms with Crippen molar-refractivity contribution < 1.29 is 0 Å². The second kappa shape index (κ2) is 6.96. The van der Waals surface area contributed by atoms with E-state index in [2.05, 4.69) is 34.3 Å². The molecule has 1 aromatic carbocycles. The Balaban J connectivity index is 2.00. The molecule has 2 rings (SSSR count). The van der Waals surface area contributed by atoms with Crippen LogP contribution in [0.3, 0.4) is 0 Å². The van der Waals surface area contributed by atoms with E-state index in [0.717, 1.165) is 12.1 Å². The van der Waals surface area contributed by atoms with Gasteiger partial charge >= 0.3 is 0 Å². The third-order valence-corrected chi connectivity index (χ3v) is 3.16. The van der Waals surface area contributed by atoms with Crippen molar-refractivity contribution in [3.63, 3.8) is 0 Å². The van der Waals surface area contributed by atoms with Gasteiger partial charge in [-0.05, 0) is 30.5 Å². The molecule has 0 spiro atoms. The highest BCUT2D eigenvalue weighted by Gasteiger charge is 2.01. The summed E-state index contributed by atoms with van der Waals surface area (Å²) in [7, 11) is 0. The van der Waals surface area contributed by atoms with Gasteiger partial charge in [-0.25, -0.2) is 9.97 Å². The van der Waals surface area contributed by atoms with Crippen molar-refractivity contribution in [1.82, 2.24) is 9.97 Å². The summed E-state index contributed by atoms with van der Waals surface area (Å²) in [5.74, 6) is 0.673. The predicted molar refractivity (Wildman–Crippen MR) is 86.3 cm³/mol. The molecule has 0 atom stereocenters. The Morgan fingerprint density at radius 3 is 2.50 bits per heavy atom. The Morgan fingerprint density at radius 2 is 1.95 bits per heavy atom. The molecule has 0 amide bonds. The average Bonchev–Trinajstić information content (AvgIpc) is 2.47. The van der Waals surface area contributed by atoms with Gasteiger partial charge in [0.15, 0.2) is 0 Å². The van der Waals surface area contributed by atoms with E-state index >= 15 is 0 Å². The van der Waals surface area contributed by atoms with Gasteiger partial charge in [-0.2, -0.15) is 0 Å². The molecule has 0 aliphatic carbocycles. The molecule has 3 N–H and O–H groups in total. The van der Waals surface area contributed by atoms with Crippen LogP contribution in [0, 0.1) is 0 Å². The summed E-state index contributed by atoms with van der Waals surface area (Å²) in [6.07, 6.45) is 6.75. The van der Waals surface area contributed by atoms with Crippen LogP contribution in [0.4, 0.5) is 11.5 Å². The fraction of sp³-hybridized carbons (Fsp3) is 0.267. The molecule has 0 bridgehead atoms. The minimum atomic E-state index is 0.254. The van der Waals surface area contributed by atoms with Crippen LogP contribution in [0.2, 0.25) is 0 Å². The maximum atomic E-state index is 5.48. The van der Waals surface area contributed by atoms with Crippen LogP contribution in [0.15, 0.2) is 36.7 Å². The lowest BCUT2D eigenvalue weighted by atomic mass is 10.1. The fourth-order valence-electron chi connectivity index (χ4n) is 1.80. The highest BCUT2D eigenvalue weighted by Crippen LogP contribution is 2.15. The molecule has 0 fully saturated rings. The van der Waals surface area contributed by atoms with E-state index < -0.39 is 0 Å². The number of nitrogens with zero attached hydrogens (tertiary/aromatic N) is 2. The number of aryl methyl sites for hydroxylation is 1. The van der Waals surface area contributed by atoms with E-state index in [1.54, 1.807) is 12.4 Å². The van der Waals surface area contributed by atoms with Crippen LogP contribution in [-0.4, -0.2) is 15.0 Å². The quantitative estimate of drug-likeness (QED) is 0.798. The van der Waals surface area contributed by atoms with Crippen molar-refractivity contribution in [2.24, 2.45) is 5.73 Å². The number of unbranched alkanes of at least 4 members (excludes halogenated alkanes) is 1. The van der Waals surface area contributed by atoms with Crippen molar-refractivity contribution in [2.75, 3.05) is 5.32 Å². The first kappa shape index (κ1) is 14.4. The smallest absolute Gasteiger partial charge is 0.148 e. The third kappa shape index (κ3) is 3.99. The Kier molecular flexibility index (Phi) is 5.01. The standard InChI is InChI=1S/C15H18N4S/c1-2-3-4-11-5-7-12(8-6-11)19-14-10-17-13(9-18-14)15(16)20/h5-10H,2-4H2,1H3,(H2,16,20)(H,18,19). The van der Waals surface area contributed by atoms with Crippen LogP contribution in [0.5, 0.6) is 0 Å². The summed E-state index contributed by atoms with van der Waals surface area (Å²) >= 11 is 4.84. The number of rotatable bonds is 6. The molecular formula is C15H18N4S. The Hall–Kier alpha value is -2.01. The molecule has 2 aromatic rings. The van der Waals surface area contributed by atoms with Crippen LogP contribution >= 0.6 is 12.2 Å². The first-order chi connectivity index (χ1) is 9.69. The molecule has 0 radical (unpaired) electrons. The summed E-state index contributed by atoms with van der Waals surface area (Å²) in [5, 5.41) is 3.20. The molecular weight excluding hydrogens is 268 g/mol. The van der Waals surface area contributed by atoms with E-state index in [9.17, 15) is 0 Å². The summed E-state index contributed by atoms with van der Waals surface area (Å²) in [6.45, 7) is 2.20. The van der Waals surface area contributed by atoms with E-state index in [-0.39, 0.29) is 4.99 Å². The molecule has 0 unspecified atom stereocenters. The van der Waals surface area contributed by atoms with Gasteiger partial charge in [-0.3, -0.25) is 0 Å². The summed E-state index contributed by atoms with van der Waals surface area (Å²) in [4.78, 5) is 8.62. The SMILES string of the molecule is CCCCc1ccc(Nc2cnc(C(N)=S)cn2)cc1. The number of nitrogens with two attached hydrogens (primary N) is 1. The summed E-state index contributed by atoms with van der Waals surface area (Å²) in [6, 6.07) is 8.37. The summed E-state index contributed by atoms with van der Waals surface area (Å²) < 4.78 is 0. The van der Waals surface area contributed by atoms with Crippen molar-refractivity contribution in [2.45, 2.75) is 26.2 Å². The van der Waals surface area contributed by atoms with Crippen molar-refractivity contribution in [3.8, 4) is 0 Å². The Labute approximate surface area is 124 Å². The van der Waals surface area contributed by atoms with Crippen molar-refractivity contribution in [1.29, 1.82) is 0 Å². The zero-order valence-electron chi connectivity index (χ0n) is 11.5. The molecule has 5 heteroatoms. The summed E-state index contributed by atoms with van der Waals surface area (Å²) in [5.41, 5.74) is 8.35. The first-order valence-corrected chi connectivity index (χ1v) is 7.07.